The van der Waals surface area contributed by atoms with Crippen LogP contribution in [0.1, 0.15) is 42.0 Å². The minimum Gasteiger partial charge on any atom is -0.390 e. The molecule has 0 aliphatic heterocycles. The average molecular weight is 325 g/mol. The number of hydrogen-bond acceptors (Lipinski definition) is 3. The quantitative estimate of drug-likeness (QED) is 0.863. The van der Waals surface area contributed by atoms with Crippen molar-refractivity contribution in [3.63, 3.8) is 0 Å². The van der Waals surface area contributed by atoms with Crippen LogP contribution in [0.4, 0.5) is 13.2 Å². The van der Waals surface area contributed by atoms with E-state index in [0.717, 1.165) is 12.1 Å². The van der Waals surface area contributed by atoms with Gasteiger partial charge in [-0.05, 0) is 36.2 Å². The number of benzene rings is 1. The molecule has 2 aromatic rings. The molecule has 1 aromatic carbocycles. The standard InChI is InChI=1S/C17H18F3NO2/c1-2-16(15-5-3-4-14(10-22)21-15)23-11-12-6-8-13(9-7-12)17(18,19)20/h3-9,16,22H,2,10-11H2,1H3. The smallest absolute Gasteiger partial charge is 0.390 e. The second-order valence-corrected chi connectivity index (χ2v) is 5.11. The number of alkyl halides is 3. The van der Waals surface area contributed by atoms with Crippen molar-refractivity contribution in [2.45, 2.75) is 38.8 Å². The van der Waals surface area contributed by atoms with Crippen LogP contribution in [0.25, 0.3) is 0 Å². The fourth-order valence-corrected chi connectivity index (χ4v) is 2.16. The Bertz CT molecular complexity index is 626. The first-order valence-electron chi connectivity index (χ1n) is 7.28. The van der Waals surface area contributed by atoms with E-state index in [1.807, 2.05) is 6.92 Å². The molecule has 3 nitrogen and oxygen atoms in total. The zero-order valence-corrected chi connectivity index (χ0v) is 12.7. The number of nitrogens with zero attached hydrogens (tertiary/aromatic N) is 1. The molecule has 6 heteroatoms. The van der Waals surface area contributed by atoms with E-state index in [2.05, 4.69) is 4.98 Å². The van der Waals surface area contributed by atoms with Crippen LogP contribution >= 0.6 is 0 Å². The lowest BCUT2D eigenvalue weighted by Crippen LogP contribution is -2.08. The first-order valence-corrected chi connectivity index (χ1v) is 7.28. The lowest BCUT2D eigenvalue weighted by Gasteiger charge is -2.16. The fraction of sp³-hybridized carbons (Fsp3) is 0.353. The maximum atomic E-state index is 12.5. The summed E-state index contributed by atoms with van der Waals surface area (Å²) in [5.41, 5.74) is 1.24. The van der Waals surface area contributed by atoms with Crippen molar-refractivity contribution in [1.29, 1.82) is 0 Å². The van der Waals surface area contributed by atoms with E-state index in [4.69, 9.17) is 9.84 Å². The zero-order chi connectivity index (χ0) is 16.9. The monoisotopic (exact) mass is 325 g/mol. The molecule has 0 spiro atoms. The summed E-state index contributed by atoms with van der Waals surface area (Å²) in [6.45, 7) is 1.98. The number of aliphatic hydroxyl groups excluding tert-OH is 1. The Morgan fingerprint density at radius 3 is 2.39 bits per heavy atom. The Morgan fingerprint density at radius 1 is 1.13 bits per heavy atom. The van der Waals surface area contributed by atoms with E-state index in [1.165, 1.54) is 12.1 Å². The molecular formula is C17H18F3NO2. The fourth-order valence-electron chi connectivity index (χ4n) is 2.16. The summed E-state index contributed by atoms with van der Waals surface area (Å²) in [6.07, 6.45) is -3.94. The van der Waals surface area contributed by atoms with E-state index >= 15 is 0 Å². The first-order chi connectivity index (χ1) is 10.9. The van der Waals surface area contributed by atoms with Gasteiger partial charge in [-0.3, -0.25) is 4.98 Å². The summed E-state index contributed by atoms with van der Waals surface area (Å²) in [5, 5.41) is 9.12. The van der Waals surface area contributed by atoms with Crippen molar-refractivity contribution in [3.05, 3.63) is 65.0 Å². The zero-order valence-electron chi connectivity index (χ0n) is 12.7. The van der Waals surface area contributed by atoms with Crippen LogP contribution in [0.15, 0.2) is 42.5 Å². The Labute approximate surface area is 132 Å². The third kappa shape index (κ3) is 4.77. The van der Waals surface area contributed by atoms with Crippen LogP contribution in [-0.4, -0.2) is 10.1 Å². The molecule has 0 amide bonds. The van der Waals surface area contributed by atoms with Gasteiger partial charge in [0.05, 0.1) is 36.3 Å². The number of pyridine rings is 1. The van der Waals surface area contributed by atoms with Gasteiger partial charge in [-0.2, -0.15) is 13.2 Å². The highest BCUT2D eigenvalue weighted by atomic mass is 19.4. The molecule has 0 saturated heterocycles. The second kappa shape index (κ2) is 7.57. The maximum absolute atomic E-state index is 12.5. The van der Waals surface area contributed by atoms with Crippen LogP contribution in [0, 0.1) is 0 Å². The predicted molar refractivity (Wildman–Crippen MR) is 79.4 cm³/mol. The molecule has 0 saturated carbocycles. The number of halogens is 3. The molecule has 0 bridgehead atoms. The summed E-state index contributed by atoms with van der Waals surface area (Å²) in [7, 11) is 0. The van der Waals surface area contributed by atoms with Gasteiger partial charge in [0.25, 0.3) is 0 Å². The van der Waals surface area contributed by atoms with Crippen LogP contribution in [0.2, 0.25) is 0 Å². The Kier molecular flexibility index (Phi) is 5.74. The Hall–Kier alpha value is -1.92. The van der Waals surface area contributed by atoms with Gasteiger partial charge in [-0.1, -0.05) is 25.1 Å². The van der Waals surface area contributed by atoms with E-state index in [9.17, 15) is 13.2 Å². The maximum Gasteiger partial charge on any atom is 0.416 e. The molecule has 0 aliphatic rings. The highest BCUT2D eigenvalue weighted by molar-refractivity contribution is 5.24. The molecule has 0 aliphatic carbocycles. The summed E-state index contributed by atoms with van der Waals surface area (Å²) in [6, 6.07) is 10.2. The Balaban J connectivity index is 2.02. The predicted octanol–water partition coefficient (Wildman–Crippen LogP) is 4.26. The summed E-state index contributed by atoms with van der Waals surface area (Å²) < 4.78 is 43.3. The topological polar surface area (TPSA) is 42.4 Å². The minimum absolute atomic E-state index is 0.150. The molecule has 1 aromatic heterocycles. The van der Waals surface area contributed by atoms with Crippen molar-refractivity contribution in [2.75, 3.05) is 0 Å². The lowest BCUT2D eigenvalue weighted by molar-refractivity contribution is -0.137. The third-order valence-corrected chi connectivity index (χ3v) is 3.42. The summed E-state index contributed by atoms with van der Waals surface area (Å²) in [5.74, 6) is 0. The van der Waals surface area contributed by atoms with E-state index in [-0.39, 0.29) is 19.3 Å². The number of hydrogen-bond donors (Lipinski definition) is 1. The van der Waals surface area contributed by atoms with E-state index in [0.29, 0.717) is 23.4 Å². The average Bonchev–Trinajstić information content (AvgIpc) is 2.55. The molecule has 0 fully saturated rings. The molecule has 2 rings (SSSR count). The molecular weight excluding hydrogens is 307 g/mol. The van der Waals surface area contributed by atoms with Gasteiger partial charge in [-0.25, -0.2) is 0 Å². The molecule has 124 valence electrons. The van der Waals surface area contributed by atoms with E-state index < -0.39 is 11.7 Å². The number of ether oxygens (including phenoxy) is 1. The van der Waals surface area contributed by atoms with E-state index in [1.54, 1.807) is 18.2 Å². The highest BCUT2D eigenvalue weighted by Crippen LogP contribution is 2.29. The second-order valence-electron chi connectivity index (χ2n) is 5.11. The molecule has 0 radical (unpaired) electrons. The summed E-state index contributed by atoms with van der Waals surface area (Å²) >= 11 is 0. The lowest BCUT2D eigenvalue weighted by atomic mass is 10.1. The van der Waals surface area contributed by atoms with Crippen LogP contribution in [-0.2, 0) is 24.1 Å². The molecule has 1 heterocycles. The summed E-state index contributed by atoms with van der Waals surface area (Å²) in [4.78, 5) is 4.30. The van der Waals surface area contributed by atoms with Crippen molar-refractivity contribution in [1.82, 2.24) is 4.98 Å². The first kappa shape index (κ1) is 17.4. The number of aliphatic hydroxyl groups is 1. The SMILES string of the molecule is CCC(OCc1ccc(C(F)(F)F)cc1)c1cccc(CO)n1. The van der Waals surface area contributed by atoms with Crippen molar-refractivity contribution in [2.24, 2.45) is 0 Å². The van der Waals surface area contributed by atoms with Crippen LogP contribution < -0.4 is 0 Å². The highest BCUT2D eigenvalue weighted by Gasteiger charge is 2.29. The van der Waals surface area contributed by atoms with Crippen molar-refractivity contribution < 1.29 is 23.0 Å². The molecule has 1 N–H and O–H groups in total. The van der Waals surface area contributed by atoms with Crippen LogP contribution in [0.5, 0.6) is 0 Å². The normalized spacial score (nSPS) is 13.1. The van der Waals surface area contributed by atoms with Gasteiger partial charge < -0.3 is 9.84 Å². The van der Waals surface area contributed by atoms with Crippen molar-refractivity contribution >= 4 is 0 Å². The minimum atomic E-state index is -4.33. The Morgan fingerprint density at radius 2 is 1.83 bits per heavy atom. The van der Waals surface area contributed by atoms with Gasteiger partial charge in [0, 0.05) is 0 Å². The van der Waals surface area contributed by atoms with Gasteiger partial charge in [0.2, 0.25) is 0 Å². The molecule has 1 unspecified atom stereocenters. The van der Waals surface area contributed by atoms with Crippen LogP contribution in [0.3, 0.4) is 0 Å². The van der Waals surface area contributed by atoms with Crippen molar-refractivity contribution in [3.8, 4) is 0 Å². The van der Waals surface area contributed by atoms with Gasteiger partial charge in [0.1, 0.15) is 0 Å². The van der Waals surface area contributed by atoms with Gasteiger partial charge in [-0.15, -0.1) is 0 Å². The largest absolute Gasteiger partial charge is 0.416 e. The van der Waals surface area contributed by atoms with Gasteiger partial charge >= 0.3 is 6.18 Å². The number of aromatic nitrogens is 1. The molecule has 23 heavy (non-hydrogen) atoms. The molecule has 1 atom stereocenters. The van der Waals surface area contributed by atoms with Gasteiger partial charge in [0.15, 0.2) is 0 Å². The third-order valence-electron chi connectivity index (χ3n) is 3.42. The number of rotatable bonds is 6.